The molecular formula is C23H24N6O3. The van der Waals surface area contributed by atoms with E-state index in [2.05, 4.69) is 33.0 Å². The number of aliphatic hydroxyl groups excluding tert-OH is 1. The van der Waals surface area contributed by atoms with Gasteiger partial charge in [0.2, 0.25) is 0 Å². The van der Waals surface area contributed by atoms with Crippen LogP contribution in [0.3, 0.4) is 0 Å². The van der Waals surface area contributed by atoms with Crippen LogP contribution in [0.15, 0.2) is 53.8 Å². The van der Waals surface area contributed by atoms with Crippen molar-refractivity contribution in [1.29, 1.82) is 0 Å². The van der Waals surface area contributed by atoms with Gasteiger partial charge in [0, 0.05) is 17.7 Å². The number of hydrogen-bond donors (Lipinski definition) is 3. The Labute approximate surface area is 185 Å². The summed E-state index contributed by atoms with van der Waals surface area (Å²) in [6.45, 7) is 1.07. The Bertz CT molecular complexity index is 1170. The van der Waals surface area contributed by atoms with E-state index in [1.165, 1.54) is 6.33 Å². The average molecular weight is 432 g/mol. The lowest BCUT2D eigenvalue weighted by Crippen LogP contribution is -2.29. The van der Waals surface area contributed by atoms with Crippen LogP contribution in [0, 0.1) is 0 Å². The van der Waals surface area contributed by atoms with Crippen molar-refractivity contribution in [2.75, 3.05) is 25.7 Å². The van der Waals surface area contributed by atoms with Gasteiger partial charge >= 0.3 is 0 Å². The summed E-state index contributed by atoms with van der Waals surface area (Å²) in [5.74, 6) is 0.168. The van der Waals surface area contributed by atoms with Crippen molar-refractivity contribution in [1.82, 2.24) is 20.1 Å². The SMILES string of the molecule is CNCc1ccc(C2ONc3cccc4c3C(=NCC4=O)C2c2ncnn2CCO)cc1. The smallest absolute Gasteiger partial charge is 0.184 e. The predicted molar refractivity (Wildman–Crippen MR) is 119 cm³/mol. The number of nitrogens with one attached hydrogen (secondary N) is 2. The van der Waals surface area contributed by atoms with Crippen molar-refractivity contribution in [2.24, 2.45) is 4.99 Å². The molecule has 2 unspecified atom stereocenters. The third kappa shape index (κ3) is 3.50. The topological polar surface area (TPSA) is 114 Å². The molecule has 2 aliphatic rings. The highest BCUT2D eigenvalue weighted by Gasteiger charge is 2.41. The molecule has 0 bridgehead atoms. The number of Topliss-reactive ketones (excluding diaryl/α,β-unsaturated/α-hetero) is 1. The molecule has 2 aromatic carbocycles. The number of hydrogen-bond acceptors (Lipinski definition) is 8. The lowest BCUT2D eigenvalue weighted by molar-refractivity contribution is 0.0914. The molecule has 3 aromatic rings. The first-order valence-electron chi connectivity index (χ1n) is 10.6. The van der Waals surface area contributed by atoms with E-state index in [0.29, 0.717) is 23.6 Å². The van der Waals surface area contributed by atoms with Crippen LogP contribution in [0.1, 0.15) is 44.9 Å². The van der Waals surface area contributed by atoms with E-state index in [1.54, 1.807) is 4.68 Å². The van der Waals surface area contributed by atoms with Gasteiger partial charge in [0.05, 0.1) is 30.5 Å². The minimum absolute atomic E-state index is 0.0298. The average Bonchev–Trinajstić information content (AvgIpc) is 3.19. The maximum atomic E-state index is 12.6. The monoisotopic (exact) mass is 432 g/mol. The molecule has 0 aliphatic carbocycles. The van der Waals surface area contributed by atoms with Gasteiger partial charge in [-0.1, -0.05) is 36.4 Å². The van der Waals surface area contributed by atoms with Crippen LogP contribution in [0.25, 0.3) is 0 Å². The fourth-order valence-corrected chi connectivity index (χ4v) is 4.39. The summed E-state index contributed by atoms with van der Waals surface area (Å²) in [7, 11) is 1.91. The Morgan fingerprint density at radius 2 is 2.09 bits per heavy atom. The quantitative estimate of drug-likeness (QED) is 0.545. The normalized spacial score (nSPS) is 19.7. The largest absolute Gasteiger partial charge is 0.394 e. The number of ketones is 1. The van der Waals surface area contributed by atoms with Crippen LogP contribution in [0.2, 0.25) is 0 Å². The summed E-state index contributed by atoms with van der Waals surface area (Å²) in [6, 6.07) is 13.7. The van der Waals surface area contributed by atoms with Crippen LogP contribution in [-0.2, 0) is 17.9 Å². The predicted octanol–water partition coefficient (Wildman–Crippen LogP) is 1.86. The molecule has 1 aromatic heterocycles. The summed E-state index contributed by atoms with van der Waals surface area (Å²) in [6.07, 6.45) is 0.991. The summed E-state index contributed by atoms with van der Waals surface area (Å²) in [4.78, 5) is 28.1. The number of aliphatic imine (C=N–C) groups is 1. The van der Waals surface area contributed by atoms with Gasteiger partial charge in [-0.3, -0.25) is 20.1 Å². The first-order valence-corrected chi connectivity index (χ1v) is 10.6. The van der Waals surface area contributed by atoms with E-state index in [1.807, 2.05) is 37.4 Å². The second-order valence-electron chi connectivity index (χ2n) is 7.81. The number of aliphatic hydroxyl groups is 1. The van der Waals surface area contributed by atoms with E-state index in [-0.39, 0.29) is 18.9 Å². The van der Waals surface area contributed by atoms with Gasteiger partial charge in [0.1, 0.15) is 24.8 Å². The molecule has 164 valence electrons. The van der Waals surface area contributed by atoms with E-state index < -0.39 is 12.0 Å². The first-order chi connectivity index (χ1) is 15.7. The van der Waals surface area contributed by atoms with Gasteiger partial charge in [0.25, 0.3) is 0 Å². The van der Waals surface area contributed by atoms with Crippen LogP contribution < -0.4 is 10.8 Å². The fraction of sp³-hybridized carbons (Fsp3) is 0.304. The Balaban J connectivity index is 1.67. The number of carbonyl (C=O) groups is 1. The summed E-state index contributed by atoms with van der Waals surface area (Å²) in [5, 5.41) is 17.0. The number of carbonyl (C=O) groups excluding carboxylic acids is 1. The minimum atomic E-state index is -0.479. The van der Waals surface area contributed by atoms with Crippen LogP contribution in [-0.4, -0.2) is 51.6 Å². The highest BCUT2D eigenvalue weighted by atomic mass is 16.7. The van der Waals surface area contributed by atoms with Gasteiger partial charge in [-0.15, -0.1) is 0 Å². The Morgan fingerprint density at radius 1 is 1.25 bits per heavy atom. The molecule has 2 aliphatic heterocycles. The minimum Gasteiger partial charge on any atom is -0.394 e. The molecule has 9 nitrogen and oxygen atoms in total. The first kappa shape index (κ1) is 20.5. The Kier molecular flexibility index (Phi) is 5.52. The lowest BCUT2D eigenvalue weighted by atomic mass is 9.83. The van der Waals surface area contributed by atoms with Crippen molar-refractivity contribution < 1.29 is 14.7 Å². The van der Waals surface area contributed by atoms with Crippen molar-refractivity contribution in [2.45, 2.75) is 25.1 Å². The highest BCUT2D eigenvalue weighted by Crippen LogP contribution is 2.42. The van der Waals surface area contributed by atoms with Crippen LogP contribution >= 0.6 is 0 Å². The third-order valence-electron chi connectivity index (χ3n) is 5.83. The van der Waals surface area contributed by atoms with E-state index in [9.17, 15) is 9.90 Å². The van der Waals surface area contributed by atoms with Crippen molar-refractivity contribution in [3.8, 4) is 0 Å². The zero-order chi connectivity index (χ0) is 22.1. The standard InChI is InChI=1S/C23H24N6O3/c1-24-11-14-5-7-15(8-6-14)22-20(23-26-13-27-29(23)9-10-30)21-19-16(18(31)12-25-21)3-2-4-17(19)28-32-22/h2-8,13,20,22,24,28,30H,9-12H2,1H3. The number of aromatic nitrogens is 3. The molecule has 0 fully saturated rings. The van der Waals surface area contributed by atoms with Crippen molar-refractivity contribution in [3.05, 3.63) is 76.9 Å². The molecule has 5 rings (SSSR count). The van der Waals surface area contributed by atoms with E-state index in [4.69, 9.17) is 9.83 Å². The van der Waals surface area contributed by atoms with E-state index in [0.717, 1.165) is 28.9 Å². The zero-order valence-electron chi connectivity index (χ0n) is 17.7. The Hall–Kier alpha value is -3.40. The van der Waals surface area contributed by atoms with Crippen molar-refractivity contribution >= 4 is 17.2 Å². The van der Waals surface area contributed by atoms with Gasteiger partial charge in [-0.2, -0.15) is 5.10 Å². The maximum absolute atomic E-state index is 12.6. The van der Waals surface area contributed by atoms with Gasteiger partial charge < -0.3 is 10.4 Å². The van der Waals surface area contributed by atoms with Crippen LogP contribution in [0.4, 0.5) is 5.69 Å². The van der Waals surface area contributed by atoms with Crippen LogP contribution in [0.5, 0.6) is 0 Å². The molecule has 0 spiro atoms. The number of anilines is 1. The fourth-order valence-electron chi connectivity index (χ4n) is 4.39. The summed E-state index contributed by atoms with van der Waals surface area (Å²) in [5.41, 5.74) is 7.94. The molecule has 9 heteroatoms. The highest BCUT2D eigenvalue weighted by molar-refractivity contribution is 6.20. The van der Waals surface area contributed by atoms with Gasteiger partial charge in [-0.25, -0.2) is 9.67 Å². The Morgan fingerprint density at radius 3 is 2.88 bits per heavy atom. The number of rotatable bonds is 6. The summed E-state index contributed by atoms with van der Waals surface area (Å²) >= 11 is 0. The lowest BCUT2D eigenvalue weighted by Gasteiger charge is -2.27. The summed E-state index contributed by atoms with van der Waals surface area (Å²) < 4.78 is 1.67. The molecule has 0 saturated carbocycles. The molecule has 0 radical (unpaired) electrons. The van der Waals surface area contributed by atoms with Gasteiger partial charge in [-0.05, 0) is 24.2 Å². The van der Waals surface area contributed by atoms with Gasteiger partial charge in [0.15, 0.2) is 5.78 Å². The van der Waals surface area contributed by atoms with E-state index >= 15 is 0 Å². The molecule has 0 saturated heterocycles. The second kappa shape index (κ2) is 8.62. The number of nitrogens with zero attached hydrogens (tertiary/aromatic N) is 4. The molecular weight excluding hydrogens is 408 g/mol. The second-order valence-corrected chi connectivity index (χ2v) is 7.81. The molecule has 3 N–H and O–H groups in total. The molecule has 32 heavy (non-hydrogen) atoms. The maximum Gasteiger partial charge on any atom is 0.184 e. The molecule has 2 atom stereocenters. The third-order valence-corrected chi connectivity index (χ3v) is 5.83. The molecule has 0 amide bonds. The molecule has 3 heterocycles. The van der Waals surface area contributed by atoms with Crippen molar-refractivity contribution in [3.63, 3.8) is 0 Å². The zero-order valence-corrected chi connectivity index (χ0v) is 17.7. The number of benzene rings is 2.